The van der Waals surface area contributed by atoms with Gasteiger partial charge >= 0.3 is 12.3 Å². The summed E-state index contributed by atoms with van der Waals surface area (Å²) in [7, 11) is 0. The third-order valence-corrected chi connectivity index (χ3v) is 2.68. The molecule has 1 aliphatic heterocycles. The van der Waals surface area contributed by atoms with Crippen molar-refractivity contribution in [1.29, 1.82) is 0 Å². The molecule has 7 nitrogen and oxygen atoms in total. The zero-order valence-electron chi connectivity index (χ0n) is 7.22. The Balaban J connectivity index is 2.46. The SMILES string of the molecule is C[C@]1(OC(=O)O)N[C@H](OC(=O)O)CS1. The zero-order valence-corrected chi connectivity index (χ0v) is 8.04. The highest BCUT2D eigenvalue weighted by atomic mass is 32.2. The Morgan fingerprint density at radius 1 is 1.50 bits per heavy atom. The van der Waals surface area contributed by atoms with E-state index in [-0.39, 0.29) is 0 Å². The van der Waals surface area contributed by atoms with Crippen LogP contribution in [0.25, 0.3) is 0 Å². The standard InChI is InChI=1S/C6H9NO6S/c1-6(13-5(10)11)7-3(2-14-6)12-4(8)9/h3,7H,2H2,1H3,(H,8,9)(H,10,11)/t3-,6-/m1/s1. The summed E-state index contributed by atoms with van der Waals surface area (Å²) in [6.07, 6.45) is -3.59. The first-order valence-corrected chi connectivity index (χ1v) is 4.63. The van der Waals surface area contributed by atoms with E-state index in [2.05, 4.69) is 14.8 Å². The number of carbonyl (C=O) groups is 2. The molecule has 0 aromatic heterocycles. The van der Waals surface area contributed by atoms with Gasteiger partial charge in [0.25, 0.3) is 0 Å². The van der Waals surface area contributed by atoms with Gasteiger partial charge in [0.1, 0.15) is 0 Å². The van der Waals surface area contributed by atoms with E-state index in [1.807, 2.05) is 0 Å². The minimum atomic E-state index is -1.43. The van der Waals surface area contributed by atoms with Crippen molar-refractivity contribution in [2.75, 3.05) is 5.75 Å². The van der Waals surface area contributed by atoms with Gasteiger partial charge in [-0.25, -0.2) is 14.9 Å². The van der Waals surface area contributed by atoms with Crippen LogP contribution in [-0.2, 0) is 9.47 Å². The maximum atomic E-state index is 10.3. The molecule has 1 fully saturated rings. The molecule has 0 spiro atoms. The molecule has 1 aliphatic rings. The Bertz CT molecular complexity index is 259. The number of hydrogen-bond donors (Lipinski definition) is 3. The monoisotopic (exact) mass is 223 g/mol. The predicted octanol–water partition coefficient (Wildman–Crippen LogP) is 0.712. The lowest BCUT2D eigenvalue weighted by Gasteiger charge is -2.22. The first kappa shape index (κ1) is 10.9. The lowest BCUT2D eigenvalue weighted by atomic mass is 10.5. The summed E-state index contributed by atoms with van der Waals surface area (Å²) in [6.45, 7) is 1.48. The molecule has 0 unspecified atom stereocenters. The topological polar surface area (TPSA) is 105 Å². The number of thioether (sulfide) groups is 1. The molecule has 3 N–H and O–H groups in total. The summed E-state index contributed by atoms with van der Waals surface area (Å²) in [4.78, 5) is 20.4. The molecule has 1 heterocycles. The fourth-order valence-corrected chi connectivity index (χ4v) is 1.99. The average molecular weight is 223 g/mol. The van der Waals surface area contributed by atoms with Gasteiger partial charge in [0.15, 0.2) is 6.23 Å². The third kappa shape index (κ3) is 2.96. The molecule has 1 rings (SSSR count). The molecule has 0 aliphatic carbocycles. The third-order valence-electron chi connectivity index (χ3n) is 1.46. The van der Waals surface area contributed by atoms with Crippen LogP contribution in [0.4, 0.5) is 9.59 Å². The van der Waals surface area contributed by atoms with Crippen LogP contribution in [0.1, 0.15) is 6.92 Å². The largest absolute Gasteiger partial charge is 0.508 e. The van der Waals surface area contributed by atoms with Gasteiger partial charge < -0.3 is 19.7 Å². The fourth-order valence-electron chi connectivity index (χ4n) is 1.02. The minimum absolute atomic E-state index is 0.302. The van der Waals surface area contributed by atoms with Crippen LogP contribution < -0.4 is 5.32 Å². The van der Waals surface area contributed by atoms with Crippen LogP contribution in [0.3, 0.4) is 0 Å². The number of hydrogen-bond acceptors (Lipinski definition) is 6. The van der Waals surface area contributed by atoms with Gasteiger partial charge in [-0.1, -0.05) is 11.8 Å². The van der Waals surface area contributed by atoms with Gasteiger partial charge in [-0.05, 0) is 0 Å². The second-order valence-corrected chi connectivity index (χ2v) is 4.04. The number of ether oxygens (including phenoxy) is 2. The normalized spacial score (nSPS) is 31.1. The Morgan fingerprint density at radius 3 is 2.64 bits per heavy atom. The Morgan fingerprint density at radius 2 is 2.14 bits per heavy atom. The number of nitrogens with one attached hydrogen (secondary N) is 1. The molecular weight excluding hydrogens is 214 g/mol. The van der Waals surface area contributed by atoms with Crippen LogP contribution in [0.5, 0.6) is 0 Å². The minimum Gasteiger partial charge on any atom is -0.450 e. The Labute approximate surface area is 83.4 Å². The van der Waals surface area contributed by atoms with Gasteiger partial charge in [-0.2, -0.15) is 0 Å². The highest BCUT2D eigenvalue weighted by Gasteiger charge is 2.40. The van der Waals surface area contributed by atoms with Crippen molar-refractivity contribution in [3.8, 4) is 0 Å². The summed E-state index contributed by atoms with van der Waals surface area (Å²) in [6, 6.07) is 0. The summed E-state index contributed by atoms with van der Waals surface area (Å²) in [5.74, 6) is 0.302. The van der Waals surface area contributed by atoms with E-state index in [1.54, 1.807) is 0 Å². The molecule has 0 saturated carbocycles. The van der Waals surface area contributed by atoms with Crippen LogP contribution in [0, 0.1) is 0 Å². The molecule has 1 saturated heterocycles. The molecule has 80 valence electrons. The van der Waals surface area contributed by atoms with Crippen LogP contribution >= 0.6 is 11.8 Å². The van der Waals surface area contributed by atoms with E-state index in [0.717, 1.165) is 11.8 Å². The van der Waals surface area contributed by atoms with E-state index in [1.165, 1.54) is 6.92 Å². The van der Waals surface area contributed by atoms with Gasteiger partial charge in [0, 0.05) is 12.7 Å². The maximum Gasteiger partial charge on any atom is 0.508 e. The van der Waals surface area contributed by atoms with E-state index < -0.39 is 23.6 Å². The van der Waals surface area contributed by atoms with Crippen LogP contribution in [0.2, 0.25) is 0 Å². The van der Waals surface area contributed by atoms with Gasteiger partial charge in [0.2, 0.25) is 5.06 Å². The van der Waals surface area contributed by atoms with Crippen molar-refractivity contribution in [2.45, 2.75) is 18.2 Å². The quantitative estimate of drug-likeness (QED) is 0.588. The highest BCUT2D eigenvalue weighted by Crippen LogP contribution is 2.31. The van der Waals surface area contributed by atoms with Crippen LogP contribution in [0.15, 0.2) is 0 Å². The fraction of sp³-hybridized carbons (Fsp3) is 0.667. The number of rotatable bonds is 2. The molecule has 0 bridgehead atoms. The summed E-state index contributed by atoms with van der Waals surface area (Å²) in [5, 5.41) is 18.1. The zero-order chi connectivity index (χ0) is 10.8. The summed E-state index contributed by atoms with van der Waals surface area (Å²) < 4.78 is 8.91. The van der Waals surface area contributed by atoms with Crippen molar-refractivity contribution in [3.05, 3.63) is 0 Å². The van der Waals surface area contributed by atoms with Gasteiger partial charge in [-0.3, -0.25) is 0 Å². The van der Waals surface area contributed by atoms with Crippen molar-refractivity contribution >= 4 is 24.1 Å². The second kappa shape index (κ2) is 3.93. The van der Waals surface area contributed by atoms with Gasteiger partial charge in [0.05, 0.1) is 0 Å². The Kier molecular flexibility index (Phi) is 3.06. The average Bonchev–Trinajstić information content (AvgIpc) is 2.28. The molecular formula is C6H9NO6S. The second-order valence-electron chi connectivity index (χ2n) is 2.64. The molecule has 0 aromatic rings. The first-order valence-electron chi connectivity index (χ1n) is 3.64. The van der Waals surface area contributed by atoms with E-state index >= 15 is 0 Å². The molecule has 0 aromatic carbocycles. The van der Waals surface area contributed by atoms with Crippen LogP contribution in [-0.4, -0.2) is 39.6 Å². The molecule has 0 amide bonds. The van der Waals surface area contributed by atoms with Crippen molar-refractivity contribution in [1.82, 2.24) is 5.32 Å². The van der Waals surface area contributed by atoms with E-state index in [9.17, 15) is 9.59 Å². The number of carboxylic acid groups (broad SMARTS) is 2. The molecule has 14 heavy (non-hydrogen) atoms. The van der Waals surface area contributed by atoms with E-state index in [0.29, 0.717) is 5.75 Å². The van der Waals surface area contributed by atoms with Gasteiger partial charge in [-0.15, -0.1) is 0 Å². The predicted molar refractivity (Wildman–Crippen MR) is 46.0 cm³/mol. The lowest BCUT2D eigenvalue weighted by Crippen LogP contribution is -2.44. The van der Waals surface area contributed by atoms with Crippen molar-refractivity contribution < 1.29 is 29.3 Å². The first-order chi connectivity index (χ1) is 6.41. The Hall–Kier alpha value is -1.15. The summed E-state index contributed by atoms with van der Waals surface area (Å²) in [5.41, 5.74) is 0. The van der Waals surface area contributed by atoms with E-state index in [4.69, 9.17) is 10.2 Å². The molecule has 8 heteroatoms. The van der Waals surface area contributed by atoms with Crippen molar-refractivity contribution in [2.24, 2.45) is 0 Å². The smallest absolute Gasteiger partial charge is 0.450 e. The lowest BCUT2D eigenvalue weighted by molar-refractivity contribution is -0.00891. The molecule has 2 atom stereocenters. The van der Waals surface area contributed by atoms with Crippen molar-refractivity contribution in [3.63, 3.8) is 0 Å². The maximum absolute atomic E-state index is 10.3. The highest BCUT2D eigenvalue weighted by molar-refractivity contribution is 8.00. The summed E-state index contributed by atoms with van der Waals surface area (Å²) >= 11 is 1.12. The molecule has 0 radical (unpaired) electrons.